The van der Waals surface area contributed by atoms with Gasteiger partial charge in [0.1, 0.15) is 12.1 Å². The standard InChI is InChI=1S/C21H22ClFN4O2/c1-28-18-10-17-14(9-19(18)29-13-7-5-12(24)6-8-13)21(26-11-25-17)27-16-4-2-3-15(22)20(16)23/h2-4,9-13H,5-8,24H2,1H3,(H,25,26,27). The average Bonchev–Trinajstić information content (AvgIpc) is 2.73. The molecule has 1 aliphatic rings. The Hall–Kier alpha value is -2.64. The van der Waals surface area contributed by atoms with Gasteiger partial charge in [-0.25, -0.2) is 14.4 Å². The van der Waals surface area contributed by atoms with Crippen molar-refractivity contribution in [2.24, 2.45) is 5.73 Å². The fourth-order valence-electron chi connectivity index (χ4n) is 3.53. The molecule has 0 bridgehead atoms. The van der Waals surface area contributed by atoms with Crippen LogP contribution >= 0.6 is 11.6 Å². The quantitative estimate of drug-likeness (QED) is 0.620. The van der Waals surface area contributed by atoms with E-state index < -0.39 is 5.82 Å². The Balaban J connectivity index is 1.70. The van der Waals surface area contributed by atoms with Gasteiger partial charge in [0.05, 0.1) is 29.4 Å². The summed E-state index contributed by atoms with van der Waals surface area (Å²) in [7, 11) is 1.59. The van der Waals surface area contributed by atoms with Gasteiger partial charge in [-0.3, -0.25) is 0 Å². The van der Waals surface area contributed by atoms with Crippen LogP contribution in [0.5, 0.6) is 11.5 Å². The zero-order valence-electron chi connectivity index (χ0n) is 16.0. The minimum absolute atomic E-state index is 0.0366. The topological polar surface area (TPSA) is 82.3 Å². The van der Waals surface area contributed by atoms with E-state index in [9.17, 15) is 4.39 Å². The second-order valence-corrected chi connectivity index (χ2v) is 7.53. The second-order valence-electron chi connectivity index (χ2n) is 7.12. The summed E-state index contributed by atoms with van der Waals surface area (Å²) < 4.78 is 26.1. The molecular weight excluding hydrogens is 395 g/mol. The summed E-state index contributed by atoms with van der Waals surface area (Å²) in [6.07, 6.45) is 5.15. The van der Waals surface area contributed by atoms with Crippen LogP contribution in [0.15, 0.2) is 36.7 Å². The minimum atomic E-state index is -0.538. The first-order valence-corrected chi connectivity index (χ1v) is 9.89. The molecule has 3 N–H and O–H groups in total. The smallest absolute Gasteiger partial charge is 0.165 e. The maximum absolute atomic E-state index is 14.3. The highest BCUT2D eigenvalue weighted by atomic mass is 35.5. The molecule has 0 radical (unpaired) electrons. The Bertz CT molecular complexity index is 1020. The third kappa shape index (κ3) is 4.21. The molecule has 1 aromatic heterocycles. The Morgan fingerprint density at radius 2 is 1.93 bits per heavy atom. The van der Waals surface area contributed by atoms with Gasteiger partial charge in [0.25, 0.3) is 0 Å². The van der Waals surface area contributed by atoms with E-state index in [4.69, 9.17) is 26.8 Å². The molecular formula is C21H22ClFN4O2. The predicted octanol–water partition coefficient (Wildman–Crippen LogP) is 4.82. The van der Waals surface area contributed by atoms with E-state index in [1.165, 1.54) is 12.4 Å². The molecule has 0 amide bonds. The molecule has 0 atom stereocenters. The Labute approximate surface area is 173 Å². The predicted molar refractivity (Wildman–Crippen MR) is 112 cm³/mol. The second kappa shape index (κ2) is 8.39. The highest BCUT2D eigenvalue weighted by Crippen LogP contribution is 2.37. The SMILES string of the molecule is COc1cc2ncnc(Nc3cccc(Cl)c3F)c2cc1OC1CCC(N)CC1. The number of rotatable bonds is 5. The lowest BCUT2D eigenvalue weighted by Gasteiger charge is -2.27. The summed E-state index contributed by atoms with van der Waals surface area (Å²) in [5.74, 6) is 1.11. The van der Waals surface area contributed by atoms with Crippen LogP contribution in [0.2, 0.25) is 5.02 Å². The van der Waals surface area contributed by atoms with Gasteiger partial charge >= 0.3 is 0 Å². The fourth-order valence-corrected chi connectivity index (χ4v) is 3.70. The van der Waals surface area contributed by atoms with E-state index in [1.807, 2.05) is 6.07 Å². The molecule has 4 rings (SSSR count). The van der Waals surface area contributed by atoms with Crippen LogP contribution in [-0.2, 0) is 0 Å². The van der Waals surface area contributed by atoms with Crippen molar-refractivity contribution in [3.05, 3.63) is 47.5 Å². The van der Waals surface area contributed by atoms with E-state index in [1.54, 1.807) is 25.3 Å². The number of anilines is 2. The molecule has 6 nitrogen and oxygen atoms in total. The Morgan fingerprint density at radius 1 is 1.14 bits per heavy atom. The van der Waals surface area contributed by atoms with Gasteiger partial charge < -0.3 is 20.5 Å². The minimum Gasteiger partial charge on any atom is -0.493 e. The van der Waals surface area contributed by atoms with Gasteiger partial charge in [0, 0.05) is 17.5 Å². The highest BCUT2D eigenvalue weighted by molar-refractivity contribution is 6.31. The number of hydrogen-bond acceptors (Lipinski definition) is 6. The van der Waals surface area contributed by atoms with E-state index in [0.717, 1.165) is 25.7 Å². The summed E-state index contributed by atoms with van der Waals surface area (Å²) in [6, 6.07) is 8.62. The van der Waals surface area contributed by atoms with Gasteiger partial charge in [-0.2, -0.15) is 0 Å². The van der Waals surface area contributed by atoms with Crippen LogP contribution < -0.4 is 20.5 Å². The fraction of sp³-hybridized carbons (Fsp3) is 0.333. The van der Waals surface area contributed by atoms with Crippen molar-refractivity contribution in [3.63, 3.8) is 0 Å². The van der Waals surface area contributed by atoms with Crippen molar-refractivity contribution >= 4 is 34.0 Å². The summed E-state index contributed by atoms with van der Waals surface area (Å²) in [4.78, 5) is 8.59. The number of nitrogens with two attached hydrogens (primary N) is 1. The number of aromatic nitrogens is 2. The van der Waals surface area contributed by atoms with Gasteiger partial charge in [-0.1, -0.05) is 17.7 Å². The highest BCUT2D eigenvalue weighted by Gasteiger charge is 2.22. The zero-order valence-corrected chi connectivity index (χ0v) is 16.7. The van der Waals surface area contributed by atoms with E-state index in [0.29, 0.717) is 28.2 Å². The van der Waals surface area contributed by atoms with E-state index in [2.05, 4.69) is 15.3 Å². The largest absolute Gasteiger partial charge is 0.493 e. The molecule has 1 fully saturated rings. The monoisotopic (exact) mass is 416 g/mol. The average molecular weight is 417 g/mol. The third-order valence-electron chi connectivity index (χ3n) is 5.14. The first kappa shape index (κ1) is 19.7. The molecule has 8 heteroatoms. The number of fused-ring (bicyclic) bond motifs is 1. The molecule has 2 aromatic carbocycles. The van der Waals surface area contributed by atoms with Gasteiger partial charge in [0.2, 0.25) is 0 Å². The van der Waals surface area contributed by atoms with Crippen molar-refractivity contribution in [3.8, 4) is 11.5 Å². The van der Waals surface area contributed by atoms with Crippen LogP contribution in [0.4, 0.5) is 15.9 Å². The maximum Gasteiger partial charge on any atom is 0.165 e. The number of halogens is 2. The van der Waals surface area contributed by atoms with Gasteiger partial charge in [-0.15, -0.1) is 0 Å². The summed E-state index contributed by atoms with van der Waals surface area (Å²) >= 11 is 5.89. The van der Waals surface area contributed by atoms with Crippen LogP contribution in [0, 0.1) is 5.82 Å². The molecule has 1 heterocycles. The molecule has 0 unspecified atom stereocenters. The van der Waals surface area contributed by atoms with Crippen LogP contribution in [0.25, 0.3) is 10.9 Å². The lowest BCUT2D eigenvalue weighted by atomic mass is 9.94. The van der Waals surface area contributed by atoms with Crippen LogP contribution in [0.1, 0.15) is 25.7 Å². The molecule has 0 spiro atoms. The number of ether oxygens (including phenoxy) is 2. The van der Waals surface area contributed by atoms with Crippen LogP contribution in [-0.4, -0.2) is 29.2 Å². The molecule has 3 aromatic rings. The summed E-state index contributed by atoms with van der Waals surface area (Å²) in [6.45, 7) is 0. The Morgan fingerprint density at radius 3 is 2.69 bits per heavy atom. The third-order valence-corrected chi connectivity index (χ3v) is 5.43. The van der Waals surface area contributed by atoms with Crippen molar-refractivity contribution in [1.29, 1.82) is 0 Å². The van der Waals surface area contributed by atoms with Crippen molar-refractivity contribution in [2.75, 3.05) is 12.4 Å². The summed E-state index contributed by atoms with van der Waals surface area (Å²) in [5.41, 5.74) is 6.88. The van der Waals surface area contributed by atoms with Crippen molar-refractivity contribution in [2.45, 2.75) is 37.8 Å². The number of nitrogens with one attached hydrogen (secondary N) is 1. The maximum atomic E-state index is 14.3. The first-order chi connectivity index (χ1) is 14.0. The Kier molecular flexibility index (Phi) is 5.69. The lowest BCUT2D eigenvalue weighted by molar-refractivity contribution is 0.142. The van der Waals surface area contributed by atoms with Gasteiger partial charge in [-0.05, 0) is 43.9 Å². The molecule has 1 saturated carbocycles. The number of hydrogen-bond donors (Lipinski definition) is 2. The first-order valence-electron chi connectivity index (χ1n) is 9.51. The summed E-state index contributed by atoms with van der Waals surface area (Å²) in [5, 5.41) is 3.73. The van der Waals surface area contributed by atoms with Gasteiger partial charge in [0.15, 0.2) is 17.3 Å². The number of methoxy groups -OCH3 is 1. The normalized spacial score (nSPS) is 19.2. The van der Waals surface area contributed by atoms with E-state index in [-0.39, 0.29) is 22.9 Å². The molecule has 1 aliphatic carbocycles. The number of benzene rings is 2. The van der Waals surface area contributed by atoms with E-state index >= 15 is 0 Å². The zero-order chi connectivity index (χ0) is 20.4. The molecule has 29 heavy (non-hydrogen) atoms. The van der Waals surface area contributed by atoms with Crippen molar-refractivity contribution in [1.82, 2.24) is 9.97 Å². The number of nitrogens with zero attached hydrogens (tertiary/aromatic N) is 2. The lowest BCUT2D eigenvalue weighted by Crippen LogP contribution is -2.31. The molecule has 0 saturated heterocycles. The molecule has 152 valence electrons. The van der Waals surface area contributed by atoms with Crippen LogP contribution in [0.3, 0.4) is 0 Å². The van der Waals surface area contributed by atoms with Crippen molar-refractivity contribution < 1.29 is 13.9 Å². The molecule has 0 aliphatic heterocycles.